The highest BCUT2D eigenvalue weighted by molar-refractivity contribution is 5.83. The molecule has 1 heterocycles. The zero-order valence-corrected chi connectivity index (χ0v) is 10.8. The molecule has 0 saturated heterocycles. The molecule has 2 nitrogen and oxygen atoms in total. The van der Waals surface area contributed by atoms with Gasteiger partial charge in [-0.25, -0.2) is 0 Å². The summed E-state index contributed by atoms with van der Waals surface area (Å²) in [7, 11) is 1.85. The SMILES string of the molecule is CCCCc1cccc2c1cc(C)c(=O)n2C. The van der Waals surface area contributed by atoms with Crippen LogP contribution in [0.2, 0.25) is 0 Å². The monoisotopic (exact) mass is 229 g/mol. The third kappa shape index (κ3) is 2.12. The van der Waals surface area contributed by atoms with Gasteiger partial charge in [0.2, 0.25) is 0 Å². The van der Waals surface area contributed by atoms with Crippen molar-refractivity contribution in [2.75, 3.05) is 0 Å². The molecule has 2 rings (SSSR count). The van der Waals surface area contributed by atoms with Crippen LogP contribution in [-0.4, -0.2) is 4.57 Å². The average molecular weight is 229 g/mol. The van der Waals surface area contributed by atoms with E-state index in [0.717, 1.165) is 17.5 Å². The summed E-state index contributed by atoms with van der Waals surface area (Å²) < 4.78 is 1.75. The zero-order valence-electron chi connectivity index (χ0n) is 10.8. The fraction of sp³-hybridized carbons (Fsp3) is 0.400. The summed E-state index contributed by atoms with van der Waals surface area (Å²) in [5.74, 6) is 0. The third-order valence-electron chi connectivity index (χ3n) is 3.34. The zero-order chi connectivity index (χ0) is 12.4. The molecule has 0 aliphatic heterocycles. The molecule has 0 N–H and O–H groups in total. The normalized spacial score (nSPS) is 11.0. The summed E-state index contributed by atoms with van der Waals surface area (Å²) in [5.41, 5.74) is 3.31. The largest absolute Gasteiger partial charge is 0.311 e. The maximum atomic E-state index is 11.9. The molecule has 0 aliphatic carbocycles. The standard InChI is InChI=1S/C15H19NO/c1-4-5-7-12-8-6-9-14-13(12)10-11(2)15(17)16(14)3/h6,8-10H,4-5,7H2,1-3H3. The van der Waals surface area contributed by atoms with Gasteiger partial charge in [-0.2, -0.15) is 0 Å². The van der Waals surface area contributed by atoms with E-state index in [1.165, 1.54) is 23.8 Å². The molecule has 1 aromatic carbocycles. The molecule has 90 valence electrons. The Bertz CT molecular complexity index is 596. The molecule has 1 aromatic heterocycles. The highest BCUT2D eigenvalue weighted by Crippen LogP contribution is 2.19. The highest BCUT2D eigenvalue weighted by atomic mass is 16.1. The van der Waals surface area contributed by atoms with Crippen molar-refractivity contribution >= 4 is 10.9 Å². The Kier molecular flexibility index (Phi) is 3.32. The average Bonchev–Trinajstić information content (AvgIpc) is 2.34. The van der Waals surface area contributed by atoms with Crippen LogP contribution in [0.4, 0.5) is 0 Å². The highest BCUT2D eigenvalue weighted by Gasteiger charge is 2.06. The number of benzene rings is 1. The topological polar surface area (TPSA) is 22.0 Å². The van der Waals surface area contributed by atoms with Crippen LogP contribution in [0, 0.1) is 6.92 Å². The van der Waals surface area contributed by atoms with E-state index in [9.17, 15) is 4.79 Å². The van der Waals surface area contributed by atoms with Gasteiger partial charge in [-0.15, -0.1) is 0 Å². The van der Waals surface area contributed by atoms with Gasteiger partial charge in [0.15, 0.2) is 0 Å². The number of nitrogens with zero attached hydrogens (tertiary/aromatic N) is 1. The van der Waals surface area contributed by atoms with Gasteiger partial charge in [0, 0.05) is 18.0 Å². The van der Waals surface area contributed by atoms with E-state index in [1.54, 1.807) is 4.57 Å². The van der Waals surface area contributed by atoms with Gasteiger partial charge in [0.05, 0.1) is 5.52 Å². The first-order chi connectivity index (χ1) is 8.15. The van der Waals surface area contributed by atoms with Crippen LogP contribution in [0.15, 0.2) is 29.1 Å². The summed E-state index contributed by atoms with van der Waals surface area (Å²) in [4.78, 5) is 11.9. The number of fused-ring (bicyclic) bond motifs is 1. The molecular formula is C15H19NO. The van der Waals surface area contributed by atoms with E-state index in [4.69, 9.17) is 0 Å². The molecule has 2 aromatic rings. The van der Waals surface area contributed by atoms with Crippen molar-refractivity contribution in [1.29, 1.82) is 0 Å². The lowest BCUT2D eigenvalue weighted by atomic mass is 10.0. The molecule has 0 amide bonds. The van der Waals surface area contributed by atoms with Crippen molar-refractivity contribution in [1.82, 2.24) is 4.57 Å². The summed E-state index contributed by atoms with van der Waals surface area (Å²) in [6.45, 7) is 4.09. The summed E-state index contributed by atoms with van der Waals surface area (Å²) >= 11 is 0. The van der Waals surface area contributed by atoms with E-state index in [2.05, 4.69) is 13.0 Å². The summed E-state index contributed by atoms with van der Waals surface area (Å²) in [6.07, 6.45) is 3.48. The van der Waals surface area contributed by atoms with Crippen molar-refractivity contribution in [2.24, 2.45) is 7.05 Å². The second-order valence-corrected chi connectivity index (χ2v) is 4.65. The number of hydrogen-bond donors (Lipinski definition) is 0. The van der Waals surface area contributed by atoms with Gasteiger partial charge in [-0.1, -0.05) is 25.5 Å². The molecule has 2 heteroatoms. The fourth-order valence-corrected chi connectivity index (χ4v) is 2.30. The van der Waals surface area contributed by atoms with Gasteiger partial charge in [-0.3, -0.25) is 4.79 Å². The van der Waals surface area contributed by atoms with Crippen LogP contribution in [-0.2, 0) is 13.5 Å². The van der Waals surface area contributed by atoms with E-state index in [-0.39, 0.29) is 5.56 Å². The van der Waals surface area contributed by atoms with Crippen molar-refractivity contribution < 1.29 is 0 Å². The minimum Gasteiger partial charge on any atom is -0.311 e. The Hall–Kier alpha value is -1.57. The minimum atomic E-state index is 0.102. The van der Waals surface area contributed by atoms with Gasteiger partial charge >= 0.3 is 0 Å². The molecule has 0 bridgehead atoms. The van der Waals surface area contributed by atoms with Crippen molar-refractivity contribution in [2.45, 2.75) is 33.1 Å². The van der Waals surface area contributed by atoms with Crippen LogP contribution >= 0.6 is 0 Å². The van der Waals surface area contributed by atoms with Gasteiger partial charge in [0.1, 0.15) is 0 Å². The third-order valence-corrected chi connectivity index (χ3v) is 3.34. The maximum absolute atomic E-state index is 11.9. The first-order valence-electron chi connectivity index (χ1n) is 6.23. The van der Waals surface area contributed by atoms with E-state index in [1.807, 2.05) is 32.2 Å². The molecule has 0 spiro atoms. The predicted octanol–water partition coefficient (Wildman–Crippen LogP) is 3.19. The lowest BCUT2D eigenvalue weighted by Gasteiger charge is -2.10. The second kappa shape index (κ2) is 4.74. The van der Waals surface area contributed by atoms with Crippen LogP contribution in [0.25, 0.3) is 10.9 Å². The van der Waals surface area contributed by atoms with Crippen LogP contribution in [0.3, 0.4) is 0 Å². The summed E-state index contributed by atoms with van der Waals surface area (Å²) in [6, 6.07) is 8.26. The molecule has 0 saturated carbocycles. The molecule has 0 aliphatic rings. The molecule has 17 heavy (non-hydrogen) atoms. The molecular weight excluding hydrogens is 210 g/mol. The van der Waals surface area contributed by atoms with E-state index >= 15 is 0 Å². The molecule has 0 fully saturated rings. The fourth-order valence-electron chi connectivity index (χ4n) is 2.30. The molecule has 0 atom stereocenters. The van der Waals surface area contributed by atoms with Gasteiger partial charge < -0.3 is 4.57 Å². The van der Waals surface area contributed by atoms with Crippen molar-refractivity contribution in [3.63, 3.8) is 0 Å². The van der Waals surface area contributed by atoms with Gasteiger partial charge in [-0.05, 0) is 37.5 Å². The van der Waals surface area contributed by atoms with Crippen molar-refractivity contribution in [3.05, 3.63) is 45.7 Å². The van der Waals surface area contributed by atoms with Gasteiger partial charge in [0.25, 0.3) is 5.56 Å². The number of hydrogen-bond acceptors (Lipinski definition) is 1. The Labute approximate surface area is 102 Å². The van der Waals surface area contributed by atoms with E-state index in [0.29, 0.717) is 0 Å². The van der Waals surface area contributed by atoms with Crippen LogP contribution in [0.5, 0.6) is 0 Å². The maximum Gasteiger partial charge on any atom is 0.253 e. The minimum absolute atomic E-state index is 0.102. The Morgan fingerprint density at radius 3 is 2.76 bits per heavy atom. The molecule has 0 unspecified atom stereocenters. The summed E-state index contributed by atoms with van der Waals surface area (Å²) in [5, 5.41) is 1.22. The number of aryl methyl sites for hydroxylation is 3. The first kappa shape index (κ1) is 11.9. The Morgan fingerprint density at radius 2 is 2.06 bits per heavy atom. The Morgan fingerprint density at radius 1 is 1.29 bits per heavy atom. The first-order valence-corrected chi connectivity index (χ1v) is 6.23. The number of unbranched alkanes of at least 4 members (excludes halogenated alkanes) is 1. The second-order valence-electron chi connectivity index (χ2n) is 4.65. The number of aromatic nitrogens is 1. The predicted molar refractivity (Wildman–Crippen MR) is 72.5 cm³/mol. The quantitative estimate of drug-likeness (QED) is 0.792. The van der Waals surface area contributed by atoms with Crippen molar-refractivity contribution in [3.8, 4) is 0 Å². The van der Waals surface area contributed by atoms with Crippen LogP contribution in [0.1, 0.15) is 30.9 Å². The Balaban J connectivity index is 2.68. The lowest BCUT2D eigenvalue weighted by molar-refractivity contribution is 0.797. The number of rotatable bonds is 3. The smallest absolute Gasteiger partial charge is 0.253 e. The van der Waals surface area contributed by atoms with Crippen LogP contribution < -0.4 is 5.56 Å². The molecule has 0 radical (unpaired) electrons. The number of pyridine rings is 1. The van der Waals surface area contributed by atoms with E-state index < -0.39 is 0 Å². The lowest BCUT2D eigenvalue weighted by Crippen LogP contribution is -2.19.